The van der Waals surface area contributed by atoms with Crippen molar-refractivity contribution in [2.75, 3.05) is 13.7 Å². The first-order valence-corrected chi connectivity index (χ1v) is 11.7. The normalized spacial score (nSPS) is 15.7. The molecule has 1 aliphatic heterocycles. The molecule has 0 saturated carbocycles. The molecule has 1 aliphatic rings. The number of ether oxygens (including phenoxy) is 1. The van der Waals surface area contributed by atoms with E-state index < -0.39 is 5.41 Å². The highest BCUT2D eigenvalue weighted by molar-refractivity contribution is 7.15. The maximum atomic E-state index is 13.0. The Balaban J connectivity index is 0.00000141. The Labute approximate surface area is 192 Å². The van der Waals surface area contributed by atoms with Gasteiger partial charge in [-0.2, -0.15) is 0 Å². The van der Waals surface area contributed by atoms with Crippen LogP contribution in [-0.2, 0) is 21.5 Å². The molecule has 0 aliphatic carbocycles. The molecule has 32 heavy (non-hydrogen) atoms. The number of nitrogens with zero attached hydrogens (tertiary/aromatic N) is 3. The molecule has 1 aromatic carbocycles. The first-order valence-electron chi connectivity index (χ1n) is 10.8. The van der Waals surface area contributed by atoms with Crippen LogP contribution in [0.2, 0.25) is 0 Å². The van der Waals surface area contributed by atoms with Gasteiger partial charge in [-0.25, -0.2) is 4.98 Å². The zero-order chi connectivity index (χ0) is 23.3. The van der Waals surface area contributed by atoms with E-state index in [0.29, 0.717) is 25.2 Å². The Morgan fingerprint density at radius 1 is 1.38 bits per heavy atom. The number of thiazole rings is 1. The van der Waals surface area contributed by atoms with Crippen molar-refractivity contribution in [1.82, 2.24) is 19.6 Å². The lowest BCUT2D eigenvalue weighted by Crippen LogP contribution is -2.48. The number of fused-ring (bicyclic) bond motifs is 2. The summed E-state index contributed by atoms with van der Waals surface area (Å²) >= 11 is 1.51. The molecule has 3 aromatic rings. The fourth-order valence-electron chi connectivity index (χ4n) is 3.95. The molecule has 0 fully saturated rings. The molecule has 3 heterocycles. The maximum absolute atomic E-state index is 13.0. The Morgan fingerprint density at radius 2 is 2.16 bits per heavy atom. The topological polar surface area (TPSA) is 75.9 Å². The summed E-state index contributed by atoms with van der Waals surface area (Å²) < 4.78 is 7.31. The van der Waals surface area contributed by atoms with Crippen LogP contribution in [0, 0.1) is 0 Å². The summed E-state index contributed by atoms with van der Waals surface area (Å²) in [5, 5.41) is 4.30. The maximum Gasteiger partial charge on any atom is 0.240 e. The summed E-state index contributed by atoms with van der Waals surface area (Å²) in [6.07, 6.45) is 7.24. The van der Waals surface area contributed by atoms with Crippen LogP contribution in [-0.4, -0.2) is 40.3 Å². The molecule has 1 atom stereocenters. The minimum Gasteiger partial charge on any atom is -0.497 e. The lowest BCUT2D eigenvalue weighted by Gasteiger charge is -2.32. The molecule has 2 amide bonds. The Kier molecular flexibility index (Phi) is 7.35. The minimum atomic E-state index is -1.01. The van der Waals surface area contributed by atoms with E-state index >= 15 is 0 Å². The highest BCUT2D eigenvalue weighted by Crippen LogP contribution is 2.38. The smallest absolute Gasteiger partial charge is 0.240 e. The van der Waals surface area contributed by atoms with Crippen molar-refractivity contribution in [3.63, 3.8) is 0 Å². The highest BCUT2D eigenvalue weighted by Gasteiger charge is 2.41. The van der Waals surface area contributed by atoms with Crippen LogP contribution in [0.1, 0.15) is 50.9 Å². The molecule has 4 rings (SSSR count). The average molecular weight is 455 g/mol. The summed E-state index contributed by atoms with van der Waals surface area (Å²) in [5.41, 5.74) is 2.99. The third-order valence-corrected chi connectivity index (χ3v) is 6.32. The number of carbonyl (C=O) groups is 2. The van der Waals surface area contributed by atoms with E-state index in [2.05, 4.69) is 34.3 Å². The molecular formula is C24H30N4O3S. The van der Waals surface area contributed by atoms with Crippen molar-refractivity contribution in [1.29, 1.82) is 0 Å². The lowest BCUT2D eigenvalue weighted by molar-refractivity contribution is -0.130. The largest absolute Gasteiger partial charge is 0.497 e. The monoisotopic (exact) mass is 454 g/mol. The van der Waals surface area contributed by atoms with Gasteiger partial charge < -0.3 is 9.64 Å². The second-order valence-electron chi connectivity index (χ2n) is 7.52. The van der Waals surface area contributed by atoms with Crippen molar-refractivity contribution in [3.05, 3.63) is 58.9 Å². The molecular weight excluding hydrogens is 424 g/mol. The Hall–Kier alpha value is -3.13. The van der Waals surface area contributed by atoms with E-state index in [4.69, 9.17) is 4.74 Å². The zero-order valence-electron chi connectivity index (χ0n) is 19.2. The zero-order valence-corrected chi connectivity index (χ0v) is 20.0. The van der Waals surface area contributed by atoms with Gasteiger partial charge in [-0.3, -0.25) is 19.3 Å². The molecule has 2 aromatic heterocycles. The van der Waals surface area contributed by atoms with Crippen LogP contribution in [0.5, 0.6) is 5.75 Å². The first-order chi connectivity index (χ1) is 15.5. The Bertz CT molecular complexity index is 1100. The standard InChI is InChI=1S/C22H24N4O3S.C2H6/c1-4-5-18-17-10-16(29-3)7-6-15(17)11-26(18)13-22(2,20(28)23-14-27)19-12-25-8-9-30-21(25)24-19;1-2/h5-10,12,14H,4,11,13H2,1-3H3,(H,23,27,28);1-2H3/b18-5-;/t22-;/m1./s1. The van der Waals surface area contributed by atoms with Crippen LogP contribution in [0.25, 0.3) is 10.7 Å². The fraction of sp³-hybridized carbons (Fsp3) is 0.375. The van der Waals surface area contributed by atoms with Crippen molar-refractivity contribution < 1.29 is 14.3 Å². The molecule has 0 unspecified atom stereocenters. The number of benzene rings is 1. The van der Waals surface area contributed by atoms with Gasteiger partial charge in [0.2, 0.25) is 12.3 Å². The predicted octanol–water partition coefficient (Wildman–Crippen LogP) is 4.23. The van der Waals surface area contributed by atoms with Gasteiger partial charge in [0.25, 0.3) is 0 Å². The quantitative estimate of drug-likeness (QED) is 0.541. The lowest BCUT2D eigenvalue weighted by atomic mass is 9.85. The van der Waals surface area contributed by atoms with Crippen molar-refractivity contribution in [3.8, 4) is 5.75 Å². The van der Waals surface area contributed by atoms with Crippen LogP contribution in [0.15, 0.2) is 42.0 Å². The average Bonchev–Trinajstić information content (AvgIpc) is 3.49. The molecule has 1 N–H and O–H groups in total. The van der Waals surface area contributed by atoms with Crippen molar-refractivity contribution >= 4 is 34.3 Å². The second kappa shape index (κ2) is 9.99. The van der Waals surface area contributed by atoms with Crippen LogP contribution >= 0.6 is 11.3 Å². The van der Waals surface area contributed by atoms with Gasteiger partial charge in [0.05, 0.1) is 12.8 Å². The van der Waals surface area contributed by atoms with Gasteiger partial charge >= 0.3 is 0 Å². The number of imide groups is 1. The van der Waals surface area contributed by atoms with Crippen molar-refractivity contribution in [2.45, 2.75) is 46.1 Å². The summed E-state index contributed by atoms with van der Waals surface area (Å²) in [6.45, 7) is 8.99. The van der Waals surface area contributed by atoms with Crippen LogP contribution < -0.4 is 10.1 Å². The number of hydrogen-bond acceptors (Lipinski definition) is 6. The first kappa shape index (κ1) is 23.5. The van der Waals surface area contributed by atoms with E-state index in [0.717, 1.165) is 28.4 Å². The molecule has 0 bridgehead atoms. The van der Waals surface area contributed by atoms with Crippen molar-refractivity contribution in [2.24, 2.45) is 0 Å². The summed E-state index contributed by atoms with van der Waals surface area (Å²) in [5.74, 6) is 0.432. The highest BCUT2D eigenvalue weighted by atomic mass is 32.1. The van der Waals surface area contributed by atoms with Gasteiger partial charge in [0.15, 0.2) is 4.96 Å². The number of imidazole rings is 1. The van der Waals surface area contributed by atoms with E-state index in [1.165, 1.54) is 16.9 Å². The van der Waals surface area contributed by atoms with Gasteiger partial charge in [0, 0.05) is 42.1 Å². The second-order valence-corrected chi connectivity index (χ2v) is 8.39. The van der Waals surface area contributed by atoms with Gasteiger partial charge in [-0.1, -0.05) is 32.9 Å². The van der Waals surface area contributed by atoms with Gasteiger partial charge in [-0.05, 0) is 31.0 Å². The summed E-state index contributed by atoms with van der Waals surface area (Å²) in [4.78, 5) is 31.8. The summed E-state index contributed by atoms with van der Waals surface area (Å²) in [7, 11) is 1.66. The number of rotatable bonds is 7. The number of methoxy groups -OCH3 is 1. The number of hydrogen-bond donors (Lipinski definition) is 1. The van der Waals surface area contributed by atoms with Gasteiger partial charge in [-0.15, -0.1) is 11.3 Å². The van der Waals surface area contributed by atoms with Crippen LogP contribution in [0.3, 0.4) is 0 Å². The number of carbonyl (C=O) groups excluding carboxylic acids is 2. The minimum absolute atomic E-state index is 0.368. The molecule has 0 saturated heterocycles. The molecule has 170 valence electrons. The number of amides is 2. The SMILES string of the molecule is CC.CC/C=C1/c2cc(OC)ccc2CN1C[C@@](C)(C(=O)NC=O)c1cn2ccsc2n1. The van der Waals surface area contributed by atoms with E-state index in [1.54, 1.807) is 7.11 Å². The number of nitrogens with one attached hydrogen (secondary N) is 1. The Morgan fingerprint density at radius 3 is 2.81 bits per heavy atom. The van der Waals surface area contributed by atoms with E-state index in [1.807, 2.05) is 55.1 Å². The molecule has 0 spiro atoms. The van der Waals surface area contributed by atoms with E-state index in [-0.39, 0.29) is 5.91 Å². The fourth-order valence-corrected chi connectivity index (χ4v) is 4.65. The third kappa shape index (κ3) is 4.27. The number of allylic oxidation sites excluding steroid dienone is 1. The molecule has 7 nitrogen and oxygen atoms in total. The summed E-state index contributed by atoms with van der Waals surface area (Å²) in [6, 6.07) is 6.05. The molecule has 0 radical (unpaired) electrons. The predicted molar refractivity (Wildman–Crippen MR) is 128 cm³/mol. The number of aromatic nitrogens is 2. The molecule has 8 heteroatoms. The van der Waals surface area contributed by atoms with Crippen LogP contribution in [0.4, 0.5) is 0 Å². The van der Waals surface area contributed by atoms with E-state index in [9.17, 15) is 9.59 Å². The third-order valence-electron chi connectivity index (χ3n) is 5.55. The van der Waals surface area contributed by atoms with Gasteiger partial charge in [0.1, 0.15) is 11.2 Å².